The van der Waals surface area contributed by atoms with Crippen LogP contribution in [-0.2, 0) is 18.9 Å². The molecule has 0 unspecified atom stereocenters. The van der Waals surface area contributed by atoms with E-state index in [-0.39, 0.29) is 22.9 Å². The first kappa shape index (κ1) is 20.4. The summed E-state index contributed by atoms with van der Waals surface area (Å²) < 4.78 is 3.90. The molecule has 1 aromatic heterocycles. The Morgan fingerprint density at radius 1 is 1.00 bits per heavy atom. The highest BCUT2D eigenvalue weighted by Gasteiger charge is 2.36. The zero-order chi connectivity index (χ0) is 21.6. The number of aryl methyl sites for hydroxylation is 2. The average molecular weight is 486 g/mol. The molecule has 9 heteroatoms. The molecule has 1 fully saturated rings. The summed E-state index contributed by atoms with van der Waals surface area (Å²) in [5.41, 5.74) is 2.47. The molecular formula is C21H16BrN3O4S. The van der Waals surface area contributed by atoms with Crippen LogP contribution >= 0.6 is 27.7 Å². The van der Waals surface area contributed by atoms with Gasteiger partial charge in [-0.15, -0.1) is 0 Å². The number of Topliss-reactive ketones (excluding diaryl/α,β-unsaturated/α-hetero) is 1. The monoisotopic (exact) mass is 485 g/mol. The maximum absolute atomic E-state index is 12.7. The third kappa shape index (κ3) is 3.54. The number of amides is 2. The van der Waals surface area contributed by atoms with Gasteiger partial charge in [-0.2, -0.15) is 0 Å². The number of nitrogens with zero attached hydrogens (tertiary/aromatic N) is 3. The molecule has 1 saturated heterocycles. The van der Waals surface area contributed by atoms with E-state index in [0.29, 0.717) is 11.1 Å². The average Bonchev–Trinajstić information content (AvgIpc) is 3.11. The van der Waals surface area contributed by atoms with E-state index in [0.717, 1.165) is 32.2 Å². The number of carbonyl (C=O) groups is 3. The smallest absolute Gasteiger partial charge is 0.295 e. The van der Waals surface area contributed by atoms with Crippen molar-refractivity contribution in [3.8, 4) is 0 Å². The van der Waals surface area contributed by atoms with Gasteiger partial charge in [-0.1, -0.05) is 34.1 Å². The summed E-state index contributed by atoms with van der Waals surface area (Å²) in [6.45, 7) is -0.310. The zero-order valence-corrected chi connectivity index (χ0v) is 18.5. The lowest BCUT2D eigenvalue weighted by atomic mass is 10.1. The van der Waals surface area contributed by atoms with E-state index in [2.05, 4.69) is 15.9 Å². The SMILES string of the molecule is Cn1c(=O)n(C)c2cc(/C=C3/SC(=O)N(CC(=O)c4ccc(Br)cc4)C3=O)ccc21. The van der Waals surface area contributed by atoms with Gasteiger partial charge >= 0.3 is 5.69 Å². The van der Waals surface area contributed by atoms with Gasteiger partial charge in [-0.05, 0) is 47.7 Å². The molecule has 1 aliphatic heterocycles. The summed E-state index contributed by atoms with van der Waals surface area (Å²) in [6, 6.07) is 12.1. The number of hydrogen-bond donors (Lipinski definition) is 0. The number of benzene rings is 2. The lowest BCUT2D eigenvalue weighted by molar-refractivity contribution is -0.122. The Hall–Kier alpha value is -2.91. The van der Waals surface area contributed by atoms with Crippen LogP contribution in [0.25, 0.3) is 17.1 Å². The molecule has 1 aliphatic rings. The quantitative estimate of drug-likeness (QED) is 0.416. The second-order valence-electron chi connectivity index (χ2n) is 6.85. The lowest BCUT2D eigenvalue weighted by Crippen LogP contribution is -2.33. The number of thioether (sulfide) groups is 1. The minimum Gasteiger partial charge on any atom is -0.295 e. The number of imidazole rings is 1. The minimum atomic E-state index is -0.502. The van der Waals surface area contributed by atoms with Gasteiger partial charge in [0.05, 0.1) is 22.5 Å². The summed E-state index contributed by atoms with van der Waals surface area (Å²) in [7, 11) is 3.37. The van der Waals surface area contributed by atoms with Crippen molar-refractivity contribution >= 4 is 61.7 Å². The van der Waals surface area contributed by atoms with Crippen molar-refractivity contribution in [2.45, 2.75) is 0 Å². The fourth-order valence-corrected chi connectivity index (χ4v) is 4.37. The number of hydrogen-bond acceptors (Lipinski definition) is 5. The van der Waals surface area contributed by atoms with E-state index < -0.39 is 11.1 Å². The molecule has 152 valence electrons. The van der Waals surface area contributed by atoms with Crippen LogP contribution < -0.4 is 5.69 Å². The molecule has 2 heterocycles. The zero-order valence-electron chi connectivity index (χ0n) is 16.1. The topological polar surface area (TPSA) is 81.4 Å². The van der Waals surface area contributed by atoms with Gasteiger partial charge in [0.15, 0.2) is 5.78 Å². The van der Waals surface area contributed by atoms with Crippen LogP contribution in [0.3, 0.4) is 0 Å². The van der Waals surface area contributed by atoms with Crippen LogP contribution in [0.1, 0.15) is 15.9 Å². The third-order valence-corrected chi connectivity index (χ3v) is 6.37. The third-order valence-electron chi connectivity index (χ3n) is 4.94. The Kier molecular flexibility index (Phi) is 5.25. The Morgan fingerprint density at radius 3 is 2.37 bits per heavy atom. The highest BCUT2D eigenvalue weighted by molar-refractivity contribution is 9.10. The Labute approximate surface area is 184 Å². The van der Waals surface area contributed by atoms with Gasteiger partial charge in [0.25, 0.3) is 11.1 Å². The predicted molar refractivity (Wildman–Crippen MR) is 119 cm³/mol. The van der Waals surface area contributed by atoms with Crippen LogP contribution in [0.15, 0.2) is 56.6 Å². The number of halogens is 1. The van der Waals surface area contributed by atoms with Crippen molar-refractivity contribution in [1.82, 2.24) is 14.0 Å². The molecule has 0 N–H and O–H groups in total. The van der Waals surface area contributed by atoms with Gasteiger partial charge in [0, 0.05) is 24.1 Å². The molecule has 0 radical (unpaired) electrons. The second-order valence-corrected chi connectivity index (χ2v) is 8.76. The van der Waals surface area contributed by atoms with Crippen molar-refractivity contribution in [3.63, 3.8) is 0 Å². The summed E-state index contributed by atoms with van der Waals surface area (Å²) >= 11 is 4.10. The highest BCUT2D eigenvalue weighted by atomic mass is 79.9. The maximum atomic E-state index is 12.7. The number of aromatic nitrogens is 2. The van der Waals surface area contributed by atoms with E-state index >= 15 is 0 Å². The van der Waals surface area contributed by atoms with Crippen LogP contribution in [0.2, 0.25) is 0 Å². The molecule has 0 spiro atoms. The largest absolute Gasteiger partial charge is 0.328 e. The van der Waals surface area contributed by atoms with Gasteiger partial charge in [-0.3, -0.25) is 28.4 Å². The highest BCUT2D eigenvalue weighted by Crippen LogP contribution is 2.32. The molecule has 0 saturated carbocycles. The maximum Gasteiger partial charge on any atom is 0.328 e. The molecular weight excluding hydrogens is 470 g/mol. The number of rotatable bonds is 4. The van der Waals surface area contributed by atoms with Crippen molar-refractivity contribution in [2.24, 2.45) is 14.1 Å². The standard InChI is InChI=1S/C21H16BrN3O4S/c1-23-15-8-3-12(9-16(15)24(2)20(23)28)10-18-19(27)25(21(29)30-18)11-17(26)13-4-6-14(22)7-5-13/h3-10H,11H2,1-2H3/b18-10+. The molecule has 30 heavy (non-hydrogen) atoms. The number of imide groups is 1. The van der Waals surface area contributed by atoms with Crippen molar-refractivity contribution < 1.29 is 14.4 Å². The van der Waals surface area contributed by atoms with Crippen molar-refractivity contribution in [3.05, 3.63) is 73.5 Å². The van der Waals surface area contributed by atoms with Gasteiger partial charge in [-0.25, -0.2) is 4.79 Å². The first-order valence-corrected chi connectivity index (χ1v) is 10.6. The van der Waals surface area contributed by atoms with Crippen molar-refractivity contribution in [1.29, 1.82) is 0 Å². The normalized spacial score (nSPS) is 15.6. The molecule has 0 atom stereocenters. The molecule has 4 rings (SSSR count). The number of carbonyl (C=O) groups excluding carboxylic acids is 3. The molecule has 0 aliphatic carbocycles. The van der Waals surface area contributed by atoms with E-state index in [4.69, 9.17) is 0 Å². The first-order valence-electron chi connectivity index (χ1n) is 8.96. The Bertz CT molecular complexity index is 1300. The van der Waals surface area contributed by atoms with Gasteiger partial charge in [0.2, 0.25) is 0 Å². The number of fused-ring (bicyclic) bond motifs is 1. The van der Waals surface area contributed by atoms with E-state index in [1.54, 1.807) is 67.2 Å². The summed E-state index contributed by atoms with van der Waals surface area (Å²) in [4.78, 5) is 50.8. The number of ketones is 1. The van der Waals surface area contributed by atoms with E-state index in [9.17, 15) is 19.2 Å². The Balaban J connectivity index is 1.59. The summed E-state index contributed by atoms with van der Waals surface area (Å²) in [5, 5.41) is -0.482. The van der Waals surface area contributed by atoms with E-state index in [1.165, 1.54) is 4.57 Å². The Morgan fingerprint density at radius 2 is 1.67 bits per heavy atom. The second kappa shape index (κ2) is 7.73. The minimum absolute atomic E-state index is 0.145. The molecule has 3 aromatic rings. The predicted octanol–water partition coefficient (Wildman–Crippen LogP) is 3.56. The fraction of sp³-hybridized carbons (Fsp3) is 0.143. The van der Waals surface area contributed by atoms with Gasteiger partial charge in [0.1, 0.15) is 0 Å². The molecule has 7 nitrogen and oxygen atoms in total. The van der Waals surface area contributed by atoms with Crippen molar-refractivity contribution in [2.75, 3.05) is 6.54 Å². The molecule has 2 amide bonds. The lowest BCUT2D eigenvalue weighted by Gasteiger charge is -2.11. The summed E-state index contributed by atoms with van der Waals surface area (Å²) in [5.74, 6) is -0.815. The van der Waals surface area contributed by atoms with Crippen LogP contribution in [0.5, 0.6) is 0 Å². The summed E-state index contributed by atoms with van der Waals surface area (Å²) in [6.07, 6.45) is 1.60. The fourth-order valence-electron chi connectivity index (χ4n) is 3.27. The molecule has 2 aromatic carbocycles. The van der Waals surface area contributed by atoms with Gasteiger partial charge < -0.3 is 0 Å². The van der Waals surface area contributed by atoms with Crippen LogP contribution in [-0.4, -0.2) is 37.5 Å². The molecule has 0 bridgehead atoms. The van der Waals surface area contributed by atoms with Crippen LogP contribution in [0.4, 0.5) is 4.79 Å². The van der Waals surface area contributed by atoms with E-state index in [1.807, 2.05) is 0 Å². The van der Waals surface area contributed by atoms with Crippen LogP contribution in [0, 0.1) is 0 Å². The first-order chi connectivity index (χ1) is 14.3.